The van der Waals surface area contributed by atoms with Crippen molar-refractivity contribution in [3.8, 4) is 0 Å². The van der Waals surface area contributed by atoms with Gasteiger partial charge >= 0.3 is 12.1 Å². The summed E-state index contributed by atoms with van der Waals surface area (Å²) in [4.78, 5) is 38.0. The van der Waals surface area contributed by atoms with Gasteiger partial charge in [0.15, 0.2) is 0 Å². The number of halogens is 1. The molecule has 0 bridgehead atoms. The van der Waals surface area contributed by atoms with Crippen LogP contribution < -0.4 is 10.6 Å². The van der Waals surface area contributed by atoms with Gasteiger partial charge in [0.2, 0.25) is 5.91 Å². The molecular formula is C27H27FN2O5. The van der Waals surface area contributed by atoms with Gasteiger partial charge in [0, 0.05) is 12.8 Å². The first-order valence-electron chi connectivity index (χ1n) is 11.1. The molecule has 182 valence electrons. The number of amides is 2. The summed E-state index contributed by atoms with van der Waals surface area (Å²) in [7, 11) is 1.22. The Balaban J connectivity index is 1.71. The monoisotopic (exact) mass is 478 g/mol. The summed E-state index contributed by atoms with van der Waals surface area (Å²) in [5, 5.41) is 5.25. The maximum atomic E-state index is 13.3. The molecule has 2 atom stereocenters. The van der Waals surface area contributed by atoms with E-state index in [1.807, 2.05) is 60.7 Å². The molecule has 0 aliphatic rings. The Hall–Kier alpha value is -4.20. The van der Waals surface area contributed by atoms with Crippen LogP contribution in [0.3, 0.4) is 0 Å². The number of nitrogens with one attached hydrogen (secondary N) is 2. The summed E-state index contributed by atoms with van der Waals surface area (Å²) in [6.45, 7) is 0.0434. The van der Waals surface area contributed by atoms with Gasteiger partial charge in [0.1, 0.15) is 24.5 Å². The van der Waals surface area contributed by atoms with Gasteiger partial charge in [-0.15, -0.1) is 0 Å². The van der Waals surface area contributed by atoms with Crippen LogP contribution in [0.5, 0.6) is 0 Å². The summed E-state index contributed by atoms with van der Waals surface area (Å²) < 4.78 is 23.4. The summed E-state index contributed by atoms with van der Waals surface area (Å²) in [6.07, 6.45) is -0.495. The van der Waals surface area contributed by atoms with Crippen LogP contribution in [0.1, 0.15) is 16.7 Å². The van der Waals surface area contributed by atoms with E-state index in [1.165, 1.54) is 31.4 Å². The van der Waals surface area contributed by atoms with Gasteiger partial charge in [0.25, 0.3) is 0 Å². The van der Waals surface area contributed by atoms with Crippen LogP contribution in [-0.2, 0) is 38.5 Å². The summed E-state index contributed by atoms with van der Waals surface area (Å²) in [5.41, 5.74) is 2.25. The molecule has 0 aromatic heterocycles. The van der Waals surface area contributed by atoms with Gasteiger partial charge in [0.05, 0.1) is 7.11 Å². The van der Waals surface area contributed by atoms with E-state index >= 15 is 0 Å². The van der Waals surface area contributed by atoms with Crippen LogP contribution >= 0.6 is 0 Å². The molecule has 3 aromatic rings. The third-order valence-electron chi connectivity index (χ3n) is 5.26. The van der Waals surface area contributed by atoms with Crippen LogP contribution in [0, 0.1) is 5.82 Å². The number of carbonyl (C=O) groups excluding carboxylic acids is 3. The maximum absolute atomic E-state index is 13.3. The first-order valence-corrected chi connectivity index (χ1v) is 11.1. The Morgan fingerprint density at radius 1 is 0.743 bits per heavy atom. The number of hydrogen-bond donors (Lipinski definition) is 2. The van der Waals surface area contributed by atoms with Gasteiger partial charge in [-0.05, 0) is 28.8 Å². The molecule has 0 aliphatic heterocycles. The Kier molecular flexibility index (Phi) is 9.36. The number of benzene rings is 3. The second-order valence-electron chi connectivity index (χ2n) is 7.86. The van der Waals surface area contributed by atoms with Crippen LogP contribution in [0.15, 0.2) is 84.9 Å². The van der Waals surface area contributed by atoms with Gasteiger partial charge in [-0.25, -0.2) is 14.0 Å². The van der Waals surface area contributed by atoms with Gasteiger partial charge in [-0.3, -0.25) is 4.79 Å². The zero-order valence-electron chi connectivity index (χ0n) is 19.3. The van der Waals surface area contributed by atoms with Crippen molar-refractivity contribution < 1.29 is 28.2 Å². The fourth-order valence-electron chi connectivity index (χ4n) is 3.43. The molecule has 8 heteroatoms. The topological polar surface area (TPSA) is 93.7 Å². The predicted octanol–water partition coefficient (Wildman–Crippen LogP) is 3.56. The van der Waals surface area contributed by atoms with Crippen LogP contribution in [0.25, 0.3) is 0 Å². The number of ether oxygens (including phenoxy) is 2. The minimum absolute atomic E-state index is 0.0434. The average Bonchev–Trinajstić information content (AvgIpc) is 2.88. The van der Waals surface area contributed by atoms with Gasteiger partial charge < -0.3 is 20.1 Å². The standard InChI is InChI=1S/C27H27FN2O5/c1-34-26(32)24(17-20-12-14-22(28)15-13-20)29-25(31)23(16-19-8-4-2-5-9-19)30-27(33)35-18-21-10-6-3-7-11-21/h2-15,23-24H,16-18H2,1H3,(H,29,31)(H,30,33)/t23-,24+/m0/s1. The lowest BCUT2D eigenvalue weighted by atomic mass is 10.0. The van der Waals surface area contributed by atoms with Crippen molar-refractivity contribution in [1.82, 2.24) is 10.6 Å². The lowest BCUT2D eigenvalue weighted by Crippen LogP contribution is -2.53. The SMILES string of the molecule is COC(=O)[C@@H](Cc1ccc(F)cc1)NC(=O)[C@H](Cc1ccccc1)NC(=O)OCc1ccccc1. The van der Waals surface area contributed by atoms with E-state index in [2.05, 4.69) is 10.6 Å². The molecule has 0 aliphatic carbocycles. The first-order chi connectivity index (χ1) is 16.9. The van der Waals surface area contributed by atoms with Crippen molar-refractivity contribution in [2.75, 3.05) is 7.11 Å². The van der Waals surface area contributed by atoms with Crippen LogP contribution in [0.2, 0.25) is 0 Å². The molecule has 0 spiro atoms. The zero-order valence-corrected chi connectivity index (χ0v) is 19.3. The highest BCUT2D eigenvalue weighted by atomic mass is 19.1. The average molecular weight is 479 g/mol. The summed E-state index contributed by atoms with van der Waals surface area (Å²) in [5.74, 6) is -1.65. The van der Waals surface area contributed by atoms with E-state index in [0.29, 0.717) is 5.56 Å². The molecule has 2 N–H and O–H groups in total. The second-order valence-corrected chi connectivity index (χ2v) is 7.86. The summed E-state index contributed by atoms with van der Waals surface area (Å²) in [6, 6.07) is 21.8. The number of esters is 1. The highest BCUT2D eigenvalue weighted by Crippen LogP contribution is 2.09. The molecule has 3 aromatic carbocycles. The van der Waals surface area contributed by atoms with Crippen LogP contribution in [0.4, 0.5) is 9.18 Å². The molecule has 0 saturated heterocycles. The Labute approximate surface area is 203 Å². The quantitative estimate of drug-likeness (QED) is 0.435. The molecule has 0 heterocycles. The molecule has 0 radical (unpaired) electrons. The number of rotatable bonds is 10. The lowest BCUT2D eigenvalue weighted by Gasteiger charge is -2.22. The van der Waals surface area contributed by atoms with Crippen molar-refractivity contribution in [3.63, 3.8) is 0 Å². The van der Waals surface area contributed by atoms with Gasteiger partial charge in [-0.1, -0.05) is 72.8 Å². The minimum atomic E-state index is -1.03. The molecule has 35 heavy (non-hydrogen) atoms. The van der Waals surface area contributed by atoms with Crippen molar-refractivity contribution in [2.24, 2.45) is 0 Å². The Morgan fingerprint density at radius 2 is 1.29 bits per heavy atom. The van der Waals surface area contributed by atoms with E-state index in [1.54, 1.807) is 0 Å². The fourth-order valence-corrected chi connectivity index (χ4v) is 3.43. The number of methoxy groups -OCH3 is 1. The normalized spacial score (nSPS) is 12.2. The zero-order chi connectivity index (χ0) is 25.0. The smallest absolute Gasteiger partial charge is 0.408 e. The van der Waals surface area contributed by atoms with E-state index in [9.17, 15) is 18.8 Å². The summed E-state index contributed by atoms with van der Waals surface area (Å²) >= 11 is 0. The van der Waals surface area contributed by atoms with Crippen molar-refractivity contribution in [2.45, 2.75) is 31.5 Å². The van der Waals surface area contributed by atoms with E-state index in [-0.39, 0.29) is 19.4 Å². The van der Waals surface area contributed by atoms with Crippen LogP contribution in [-0.4, -0.2) is 37.2 Å². The van der Waals surface area contributed by atoms with Gasteiger partial charge in [-0.2, -0.15) is 0 Å². The van der Waals surface area contributed by atoms with E-state index in [4.69, 9.17) is 9.47 Å². The maximum Gasteiger partial charge on any atom is 0.408 e. The predicted molar refractivity (Wildman–Crippen MR) is 128 cm³/mol. The minimum Gasteiger partial charge on any atom is -0.467 e. The highest BCUT2D eigenvalue weighted by Gasteiger charge is 2.28. The molecule has 7 nitrogen and oxygen atoms in total. The third-order valence-corrected chi connectivity index (χ3v) is 5.26. The molecule has 2 amide bonds. The molecule has 0 unspecified atom stereocenters. The number of carbonyl (C=O) groups is 3. The molecule has 0 fully saturated rings. The largest absolute Gasteiger partial charge is 0.467 e. The first kappa shape index (κ1) is 25.4. The van der Waals surface area contributed by atoms with Crippen molar-refractivity contribution >= 4 is 18.0 Å². The van der Waals surface area contributed by atoms with Crippen molar-refractivity contribution in [1.29, 1.82) is 0 Å². The fraction of sp³-hybridized carbons (Fsp3) is 0.222. The highest BCUT2D eigenvalue weighted by molar-refractivity contribution is 5.90. The van der Waals surface area contributed by atoms with E-state index in [0.717, 1.165) is 11.1 Å². The second kappa shape index (κ2) is 12.9. The Bertz CT molecular complexity index is 1110. The molecule has 0 saturated carbocycles. The van der Waals surface area contributed by atoms with Crippen molar-refractivity contribution in [3.05, 3.63) is 107 Å². The Morgan fingerprint density at radius 3 is 1.89 bits per heavy atom. The molecule has 3 rings (SSSR count). The molecular weight excluding hydrogens is 451 g/mol. The lowest BCUT2D eigenvalue weighted by molar-refractivity contribution is -0.145. The third kappa shape index (κ3) is 8.26. The number of alkyl carbamates (subject to hydrolysis) is 1. The number of hydrogen-bond acceptors (Lipinski definition) is 5. The van der Waals surface area contributed by atoms with E-state index < -0.39 is 35.9 Å².